The van der Waals surface area contributed by atoms with Crippen molar-refractivity contribution in [1.29, 1.82) is 0 Å². The Morgan fingerprint density at radius 3 is 2.69 bits per heavy atom. The van der Waals surface area contributed by atoms with Crippen molar-refractivity contribution in [2.45, 2.75) is 13.0 Å². The minimum Gasteiger partial charge on any atom is -0.383 e. The maximum Gasteiger partial charge on any atom is 0.128 e. The lowest BCUT2D eigenvalue weighted by Crippen LogP contribution is -2.16. The Morgan fingerprint density at radius 1 is 1.19 bits per heavy atom. The molecule has 0 amide bonds. The molecule has 0 fully saturated rings. The number of nitrogens with two attached hydrogens (primary N) is 2. The van der Waals surface area contributed by atoms with Crippen molar-refractivity contribution in [3.63, 3.8) is 0 Å². The first-order chi connectivity index (χ1) is 7.68. The zero-order chi connectivity index (χ0) is 11.5. The molecule has 2 heterocycles. The molecule has 16 heavy (non-hydrogen) atoms. The summed E-state index contributed by atoms with van der Waals surface area (Å²) in [5.41, 5.74) is 14.4. The average molecular weight is 214 g/mol. The SMILES string of the molecule is Cc1cccc(C(N)c2cccnc2N)n1. The van der Waals surface area contributed by atoms with E-state index in [1.54, 1.807) is 6.20 Å². The lowest BCUT2D eigenvalue weighted by atomic mass is 10.0. The summed E-state index contributed by atoms with van der Waals surface area (Å²) in [6.45, 7) is 1.93. The van der Waals surface area contributed by atoms with Crippen molar-refractivity contribution in [3.8, 4) is 0 Å². The van der Waals surface area contributed by atoms with Crippen LogP contribution in [0.1, 0.15) is 23.0 Å². The van der Waals surface area contributed by atoms with E-state index in [-0.39, 0.29) is 6.04 Å². The quantitative estimate of drug-likeness (QED) is 0.792. The van der Waals surface area contributed by atoms with Gasteiger partial charge in [0.1, 0.15) is 5.82 Å². The fourth-order valence-electron chi connectivity index (χ4n) is 1.59. The van der Waals surface area contributed by atoms with E-state index in [2.05, 4.69) is 9.97 Å². The molecule has 0 aliphatic carbocycles. The molecule has 1 atom stereocenters. The third kappa shape index (κ3) is 2.01. The fourth-order valence-corrected chi connectivity index (χ4v) is 1.59. The summed E-state index contributed by atoms with van der Waals surface area (Å²) in [5, 5.41) is 0. The van der Waals surface area contributed by atoms with Crippen molar-refractivity contribution in [2.24, 2.45) is 5.73 Å². The number of nitrogens with zero attached hydrogens (tertiary/aromatic N) is 2. The molecule has 0 saturated heterocycles. The van der Waals surface area contributed by atoms with Crippen LogP contribution in [-0.2, 0) is 0 Å². The summed E-state index contributed by atoms with van der Waals surface area (Å²) in [5.74, 6) is 0.457. The number of aromatic nitrogens is 2. The Kier molecular flexibility index (Phi) is 2.83. The van der Waals surface area contributed by atoms with E-state index in [0.29, 0.717) is 5.82 Å². The van der Waals surface area contributed by atoms with Gasteiger partial charge in [-0.05, 0) is 25.1 Å². The molecule has 4 N–H and O–H groups in total. The van der Waals surface area contributed by atoms with E-state index in [4.69, 9.17) is 11.5 Å². The predicted molar refractivity (Wildman–Crippen MR) is 63.7 cm³/mol. The van der Waals surface area contributed by atoms with Gasteiger partial charge in [0, 0.05) is 17.5 Å². The van der Waals surface area contributed by atoms with Gasteiger partial charge in [-0.25, -0.2) is 4.98 Å². The molecule has 4 nitrogen and oxygen atoms in total. The van der Waals surface area contributed by atoms with Gasteiger partial charge >= 0.3 is 0 Å². The Morgan fingerprint density at radius 2 is 2.00 bits per heavy atom. The minimum atomic E-state index is -0.325. The van der Waals surface area contributed by atoms with Crippen molar-refractivity contribution in [3.05, 3.63) is 53.5 Å². The normalized spacial score (nSPS) is 12.4. The van der Waals surface area contributed by atoms with Gasteiger partial charge < -0.3 is 11.5 Å². The zero-order valence-corrected chi connectivity index (χ0v) is 9.09. The Bertz CT molecular complexity index is 496. The molecule has 82 valence electrons. The minimum absolute atomic E-state index is 0.325. The van der Waals surface area contributed by atoms with E-state index >= 15 is 0 Å². The van der Waals surface area contributed by atoms with Crippen LogP contribution in [0.5, 0.6) is 0 Å². The third-order valence-electron chi connectivity index (χ3n) is 2.43. The Balaban J connectivity index is 2.39. The topological polar surface area (TPSA) is 77.8 Å². The predicted octanol–water partition coefficient (Wildman–Crippen LogP) is 1.42. The number of pyridine rings is 2. The highest BCUT2D eigenvalue weighted by atomic mass is 14.9. The number of hydrogen-bond acceptors (Lipinski definition) is 4. The second-order valence-corrected chi connectivity index (χ2v) is 3.66. The fraction of sp³-hybridized carbons (Fsp3) is 0.167. The van der Waals surface area contributed by atoms with Crippen LogP contribution in [-0.4, -0.2) is 9.97 Å². The Labute approximate surface area is 94.3 Å². The number of nitrogen functional groups attached to an aromatic ring is 1. The van der Waals surface area contributed by atoms with Gasteiger partial charge in [-0.15, -0.1) is 0 Å². The van der Waals surface area contributed by atoms with Gasteiger partial charge in [0.05, 0.1) is 11.7 Å². The number of hydrogen-bond donors (Lipinski definition) is 2. The summed E-state index contributed by atoms with van der Waals surface area (Å²) in [7, 11) is 0. The van der Waals surface area contributed by atoms with Crippen LogP contribution in [0.15, 0.2) is 36.5 Å². The lowest BCUT2D eigenvalue weighted by Gasteiger charge is -2.13. The van der Waals surface area contributed by atoms with E-state index in [1.807, 2.05) is 37.3 Å². The molecule has 0 aromatic carbocycles. The highest BCUT2D eigenvalue weighted by molar-refractivity contribution is 5.43. The van der Waals surface area contributed by atoms with Crippen molar-refractivity contribution in [2.75, 3.05) is 5.73 Å². The first kappa shape index (κ1) is 10.6. The second-order valence-electron chi connectivity index (χ2n) is 3.66. The largest absolute Gasteiger partial charge is 0.383 e. The van der Waals surface area contributed by atoms with Crippen LogP contribution in [0.3, 0.4) is 0 Å². The molecule has 0 radical (unpaired) electrons. The molecule has 0 spiro atoms. The van der Waals surface area contributed by atoms with Crippen LogP contribution < -0.4 is 11.5 Å². The van der Waals surface area contributed by atoms with Crippen molar-refractivity contribution < 1.29 is 0 Å². The summed E-state index contributed by atoms with van der Waals surface area (Å²) in [6.07, 6.45) is 1.65. The summed E-state index contributed by atoms with van der Waals surface area (Å²) in [6, 6.07) is 9.13. The number of rotatable bonds is 2. The van der Waals surface area contributed by atoms with Crippen LogP contribution in [0.2, 0.25) is 0 Å². The van der Waals surface area contributed by atoms with Gasteiger partial charge in [0.25, 0.3) is 0 Å². The molecule has 0 aliphatic heterocycles. The maximum atomic E-state index is 6.10. The molecule has 2 aromatic heterocycles. The molecular formula is C12H14N4. The lowest BCUT2D eigenvalue weighted by molar-refractivity contribution is 0.819. The second kappa shape index (κ2) is 4.28. The summed E-state index contributed by atoms with van der Waals surface area (Å²) in [4.78, 5) is 8.40. The summed E-state index contributed by atoms with van der Waals surface area (Å²) < 4.78 is 0. The first-order valence-corrected chi connectivity index (χ1v) is 5.08. The molecular weight excluding hydrogens is 200 g/mol. The van der Waals surface area contributed by atoms with Gasteiger partial charge in [-0.2, -0.15) is 0 Å². The van der Waals surface area contributed by atoms with Gasteiger partial charge in [0.2, 0.25) is 0 Å². The van der Waals surface area contributed by atoms with E-state index in [0.717, 1.165) is 17.0 Å². The third-order valence-corrected chi connectivity index (χ3v) is 2.43. The number of aryl methyl sites for hydroxylation is 1. The van der Waals surface area contributed by atoms with Crippen LogP contribution in [0.25, 0.3) is 0 Å². The Hall–Kier alpha value is -1.94. The molecule has 0 bridgehead atoms. The molecule has 2 rings (SSSR count). The average Bonchev–Trinajstić information content (AvgIpc) is 2.29. The van der Waals surface area contributed by atoms with Crippen molar-refractivity contribution >= 4 is 5.82 Å². The highest BCUT2D eigenvalue weighted by Gasteiger charge is 2.13. The van der Waals surface area contributed by atoms with Gasteiger partial charge in [-0.3, -0.25) is 4.98 Å². The highest BCUT2D eigenvalue weighted by Crippen LogP contribution is 2.21. The van der Waals surface area contributed by atoms with Crippen LogP contribution in [0.4, 0.5) is 5.82 Å². The molecule has 0 saturated carbocycles. The van der Waals surface area contributed by atoms with Crippen molar-refractivity contribution in [1.82, 2.24) is 9.97 Å². The van der Waals surface area contributed by atoms with E-state index in [9.17, 15) is 0 Å². The molecule has 0 aliphatic rings. The van der Waals surface area contributed by atoms with Gasteiger partial charge in [0.15, 0.2) is 0 Å². The van der Waals surface area contributed by atoms with E-state index < -0.39 is 0 Å². The first-order valence-electron chi connectivity index (χ1n) is 5.08. The van der Waals surface area contributed by atoms with Gasteiger partial charge in [-0.1, -0.05) is 12.1 Å². The molecule has 2 aromatic rings. The molecule has 1 unspecified atom stereocenters. The van der Waals surface area contributed by atoms with Crippen LogP contribution >= 0.6 is 0 Å². The number of anilines is 1. The van der Waals surface area contributed by atoms with Crippen LogP contribution in [0, 0.1) is 6.92 Å². The standard InChI is InChI=1S/C12H14N4/c1-8-4-2-6-10(16-8)11(13)9-5-3-7-15-12(9)14/h2-7,11H,13H2,1H3,(H2,14,15). The zero-order valence-electron chi connectivity index (χ0n) is 9.09. The monoisotopic (exact) mass is 214 g/mol. The van der Waals surface area contributed by atoms with E-state index in [1.165, 1.54) is 0 Å². The smallest absolute Gasteiger partial charge is 0.128 e. The maximum absolute atomic E-state index is 6.10. The summed E-state index contributed by atoms with van der Waals surface area (Å²) >= 11 is 0. The molecule has 4 heteroatoms.